The normalized spacial score (nSPS) is 16.4. The Morgan fingerprint density at radius 3 is 2.44 bits per heavy atom. The number of hydrogen-bond acceptors (Lipinski definition) is 4. The fourth-order valence-corrected chi connectivity index (χ4v) is 3.44. The Balaban J connectivity index is 1.60. The van der Waals surface area contributed by atoms with Crippen LogP contribution in [-0.4, -0.2) is 39.9 Å². The Morgan fingerprint density at radius 1 is 1.15 bits per heavy atom. The van der Waals surface area contributed by atoms with Crippen LogP contribution in [0.15, 0.2) is 24.5 Å². The quantitative estimate of drug-likeness (QED) is 0.831. The third-order valence-electron chi connectivity index (χ3n) is 5.06. The Morgan fingerprint density at radius 2 is 1.78 bits per heavy atom. The molecule has 0 bridgehead atoms. The number of carbonyl (C=O) groups is 1. The van der Waals surface area contributed by atoms with E-state index < -0.39 is 23.5 Å². The number of halogens is 3. The number of rotatable bonds is 4. The lowest BCUT2D eigenvalue weighted by Crippen LogP contribution is -2.44. The molecule has 2 aromatic rings. The lowest BCUT2D eigenvalue weighted by Gasteiger charge is -2.34. The maximum atomic E-state index is 13.8. The Bertz CT molecular complexity index is 838. The highest BCUT2D eigenvalue weighted by atomic mass is 19.2. The average molecular weight is 378 g/mol. The van der Waals surface area contributed by atoms with Gasteiger partial charge in [-0.2, -0.15) is 0 Å². The number of likely N-dealkylation sites (tertiary alicyclic amines) is 1. The molecule has 2 heterocycles. The monoisotopic (exact) mass is 378 g/mol. The molecule has 0 aliphatic carbocycles. The molecule has 1 amide bonds. The molecular formula is C19H21F3N4O. The van der Waals surface area contributed by atoms with Crippen molar-refractivity contribution in [1.82, 2.24) is 14.9 Å². The van der Waals surface area contributed by atoms with E-state index in [1.165, 1.54) is 12.4 Å². The number of nitrogens with zero attached hydrogens (tertiary/aromatic N) is 3. The minimum absolute atomic E-state index is 0.0597. The first kappa shape index (κ1) is 19.3. The molecule has 3 rings (SSSR count). The molecule has 1 atom stereocenters. The number of amides is 1. The number of hydrogen-bond donors (Lipinski definition) is 1. The van der Waals surface area contributed by atoms with Gasteiger partial charge >= 0.3 is 0 Å². The largest absolute Gasteiger partial charge is 0.337 e. The second kappa shape index (κ2) is 8.04. The topological polar surface area (TPSA) is 72.1 Å². The van der Waals surface area contributed by atoms with Gasteiger partial charge in [-0.05, 0) is 43.7 Å². The molecule has 0 spiro atoms. The summed E-state index contributed by atoms with van der Waals surface area (Å²) in [5.74, 6) is -3.20. The van der Waals surface area contributed by atoms with E-state index in [1.54, 1.807) is 11.8 Å². The van der Waals surface area contributed by atoms with Crippen LogP contribution >= 0.6 is 0 Å². The summed E-state index contributed by atoms with van der Waals surface area (Å²) in [5, 5.41) is 0. The van der Waals surface area contributed by atoms with Crippen LogP contribution in [0.25, 0.3) is 0 Å². The van der Waals surface area contributed by atoms with Gasteiger partial charge in [-0.25, -0.2) is 18.2 Å². The summed E-state index contributed by atoms with van der Waals surface area (Å²) >= 11 is 0. The summed E-state index contributed by atoms with van der Waals surface area (Å²) in [5.41, 5.74) is 7.17. The minimum atomic E-state index is -1.21. The number of aryl methyl sites for hydroxylation is 1. The molecule has 1 aliphatic heterocycles. The zero-order chi connectivity index (χ0) is 19.6. The van der Waals surface area contributed by atoms with Crippen LogP contribution in [0.3, 0.4) is 0 Å². The Labute approximate surface area is 155 Å². The van der Waals surface area contributed by atoms with Crippen LogP contribution in [0.2, 0.25) is 0 Å². The van der Waals surface area contributed by atoms with Gasteiger partial charge in [-0.3, -0.25) is 9.78 Å². The second-order valence-electron chi connectivity index (χ2n) is 6.85. The summed E-state index contributed by atoms with van der Waals surface area (Å²) in [6, 6.07) is 1.00. The zero-order valence-electron chi connectivity index (χ0n) is 15.0. The van der Waals surface area contributed by atoms with E-state index in [0.717, 1.165) is 6.07 Å². The van der Waals surface area contributed by atoms with Crippen LogP contribution in [0.4, 0.5) is 13.2 Å². The van der Waals surface area contributed by atoms with Gasteiger partial charge in [-0.15, -0.1) is 0 Å². The van der Waals surface area contributed by atoms with Crippen molar-refractivity contribution in [3.05, 3.63) is 58.9 Å². The van der Waals surface area contributed by atoms with Crippen LogP contribution in [0.5, 0.6) is 0 Å². The standard InChI is InChI=1S/C19H21F3N4O/c1-11-18(25-5-4-24-11)19(27)26-6-2-12(3-7-26)17(23)9-13-8-15(21)16(22)10-14(13)20/h4-5,8,10,12,17H,2-3,6-7,9,23H2,1H3/t17-/m1/s1. The van der Waals surface area contributed by atoms with E-state index in [0.29, 0.717) is 43.4 Å². The maximum Gasteiger partial charge on any atom is 0.274 e. The summed E-state index contributed by atoms with van der Waals surface area (Å²) in [6.07, 6.45) is 4.44. The molecule has 5 nitrogen and oxygen atoms in total. The molecule has 27 heavy (non-hydrogen) atoms. The smallest absolute Gasteiger partial charge is 0.274 e. The maximum absolute atomic E-state index is 13.8. The van der Waals surface area contributed by atoms with Gasteiger partial charge < -0.3 is 10.6 Å². The van der Waals surface area contributed by atoms with E-state index in [-0.39, 0.29) is 23.8 Å². The van der Waals surface area contributed by atoms with Crippen molar-refractivity contribution in [2.75, 3.05) is 13.1 Å². The molecule has 0 unspecified atom stereocenters. The second-order valence-corrected chi connectivity index (χ2v) is 6.85. The fourth-order valence-electron chi connectivity index (χ4n) is 3.44. The first-order valence-corrected chi connectivity index (χ1v) is 8.82. The highest BCUT2D eigenvalue weighted by Gasteiger charge is 2.29. The SMILES string of the molecule is Cc1nccnc1C(=O)N1CCC([C@H](N)Cc2cc(F)c(F)cc2F)CC1. The number of piperidine rings is 1. The molecule has 0 saturated carbocycles. The van der Waals surface area contributed by atoms with Gasteiger partial charge in [0.1, 0.15) is 11.5 Å². The molecule has 1 aromatic carbocycles. The molecule has 1 saturated heterocycles. The van der Waals surface area contributed by atoms with Gasteiger partial charge in [0.2, 0.25) is 0 Å². The molecule has 2 N–H and O–H groups in total. The van der Waals surface area contributed by atoms with Crippen molar-refractivity contribution in [2.24, 2.45) is 11.7 Å². The molecule has 1 aromatic heterocycles. The van der Waals surface area contributed by atoms with Crippen molar-refractivity contribution in [1.29, 1.82) is 0 Å². The number of carbonyl (C=O) groups excluding carboxylic acids is 1. The Hall–Kier alpha value is -2.48. The summed E-state index contributed by atoms with van der Waals surface area (Å²) in [6.45, 7) is 2.75. The zero-order valence-corrected chi connectivity index (χ0v) is 15.0. The highest BCUT2D eigenvalue weighted by Crippen LogP contribution is 2.24. The predicted octanol–water partition coefficient (Wildman–Crippen LogP) is 2.62. The van der Waals surface area contributed by atoms with Crippen LogP contribution in [0, 0.1) is 30.3 Å². The van der Waals surface area contributed by atoms with Crippen molar-refractivity contribution in [3.8, 4) is 0 Å². The molecule has 1 aliphatic rings. The summed E-state index contributed by atoms with van der Waals surface area (Å²) in [4.78, 5) is 22.5. The number of aromatic nitrogens is 2. The van der Waals surface area contributed by atoms with E-state index in [4.69, 9.17) is 5.73 Å². The van der Waals surface area contributed by atoms with E-state index in [2.05, 4.69) is 9.97 Å². The lowest BCUT2D eigenvalue weighted by atomic mass is 9.86. The number of benzene rings is 1. The van der Waals surface area contributed by atoms with Crippen molar-refractivity contribution in [2.45, 2.75) is 32.2 Å². The minimum Gasteiger partial charge on any atom is -0.337 e. The third kappa shape index (κ3) is 4.27. The fraction of sp³-hybridized carbons (Fsp3) is 0.421. The van der Waals surface area contributed by atoms with Crippen molar-refractivity contribution in [3.63, 3.8) is 0 Å². The third-order valence-corrected chi connectivity index (χ3v) is 5.06. The van der Waals surface area contributed by atoms with Gasteiger partial charge in [-0.1, -0.05) is 0 Å². The van der Waals surface area contributed by atoms with Crippen LogP contribution in [0.1, 0.15) is 34.6 Å². The molecule has 8 heteroatoms. The van der Waals surface area contributed by atoms with Gasteiger partial charge in [0.15, 0.2) is 11.6 Å². The summed E-state index contributed by atoms with van der Waals surface area (Å²) in [7, 11) is 0. The van der Waals surface area contributed by atoms with Gasteiger partial charge in [0.05, 0.1) is 5.69 Å². The predicted molar refractivity (Wildman–Crippen MR) is 93.4 cm³/mol. The van der Waals surface area contributed by atoms with E-state index >= 15 is 0 Å². The van der Waals surface area contributed by atoms with Crippen LogP contribution < -0.4 is 5.73 Å². The van der Waals surface area contributed by atoms with Crippen LogP contribution in [-0.2, 0) is 6.42 Å². The first-order chi connectivity index (χ1) is 12.9. The van der Waals surface area contributed by atoms with E-state index in [1.807, 2.05) is 0 Å². The highest BCUT2D eigenvalue weighted by molar-refractivity contribution is 5.93. The van der Waals surface area contributed by atoms with Crippen molar-refractivity contribution < 1.29 is 18.0 Å². The molecular weight excluding hydrogens is 357 g/mol. The van der Waals surface area contributed by atoms with E-state index in [9.17, 15) is 18.0 Å². The van der Waals surface area contributed by atoms with Crippen molar-refractivity contribution >= 4 is 5.91 Å². The van der Waals surface area contributed by atoms with Gasteiger partial charge in [0.25, 0.3) is 5.91 Å². The summed E-state index contributed by atoms with van der Waals surface area (Å²) < 4.78 is 40.2. The molecule has 1 fully saturated rings. The number of nitrogens with two attached hydrogens (primary N) is 1. The first-order valence-electron chi connectivity index (χ1n) is 8.82. The Kier molecular flexibility index (Phi) is 5.74. The van der Waals surface area contributed by atoms with Gasteiger partial charge in [0, 0.05) is 37.6 Å². The average Bonchev–Trinajstić information content (AvgIpc) is 2.66. The lowest BCUT2D eigenvalue weighted by molar-refractivity contribution is 0.0670. The molecule has 0 radical (unpaired) electrons. The molecule has 144 valence electrons.